The molecule has 0 saturated heterocycles. The molecule has 0 saturated carbocycles. The fourth-order valence-corrected chi connectivity index (χ4v) is 3.41. The Hall–Kier alpha value is -2.96. The first kappa shape index (κ1) is 17.5. The zero-order valence-corrected chi connectivity index (χ0v) is 15.3. The first-order valence-corrected chi connectivity index (χ1v) is 9.13. The largest absolute Gasteiger partial charge is 0.384 e. The minimum Gasteiger partial charge on any atom is -0.384 e. The molecule has 2 aromatic carbocycles. The molecule has 0 spiro atoms. The van der Waals surface area contributed by atoms with E-state index in [4.69, 9.17) is 0 Å². The molecule has 2 heterocycles. The third-order valence-corrected chi connectivity index (χ3v) is 5.06. The van der Waals surface area contributed by atoms with Gasteiger partial charge in [0.2, 0.25) is 0 Å². The molecule has 6 heteroatoms. The predicted molar refractivity (Wildman–Crippen MR) is 106 cm³/mol. The molecule has 0 aliphatic rings. The summed E-state index contributed by atoms with van der Waals surface area (Å²) in [5, 5.41) is 23.5. The third kappa shape index (κ3) is 3.49. The molecule has 3 N–H and O–H groups in total. The Labute approximate surface area is 157 Å². The lowest BCUT2D eigenvalue weighted by atomic mass is 9.90. The fraction of sp³-hybridized carbons (Fsp3) is 0.238. The summed E-state index contributed by atoms with van der Waals surface area (Å²) < 4.78 is 1.86. The van der Waals surface area contributed by atoms with Gasteiger partial charge in [0.1, 0.15) is 18.3 Å². The Balaban J connectivity index is 1.60. The molecule has 0 amide bonds. The van der Waals surface area contributed by atoms with Gasteiger partial charge >= 0.3 is 0 Å². The van der Waals surface area contributed by atoms with Crippen molar-refractivity contribution >= 4 is 10.9 Å². The van der Waals surface area contributed by atoms with Crippen LogP contribution in [0.4, 0.5) is 0 Å². The van der Waals surface area contributed by atoms with Gasteiger partial charge in [-0.15, -0.1) is 10.2 Å². The predicted octanol–water partition coefficient (Wildman–Crippen LogP) is 3.14. The van der Waals surface area contributed by atoms with E-state index in [1.54, 1.807) is 12.7 Å². The average molecular weight is 361 g/mol. The SMILES string of the molecule is CCC(O)(CNCc1ccccc1)c1c[nH]c2ccc(-n3cnnc3)cc12. The number of hydrogen-bond donors (Lipinski definition) is 3. The van der Waals surface area contributed by atoms with E-state index in [2.05, 4.69) is 38.7 Å². The highest BCUT2D eigenvalue weighted by Gasteiger charge is 2.29. The van der Waals surface area contributed by atoms with Gasteiger partial charge in [0.15, 0.2) is 0 Å². The van der Waals surface area contributed by atoms with E-state index in [9.17, 15) is 5.11 Å². The Morgan fingerprint density at radius 2 is 1.89 bits per heavy atom. The molecular formula is C21H23N5O. The van der Waals surface area contributed by atoms with Crippen LogP contribution in [0.5, 0.6) is 0 Å². The second kappa shape index (κ2) is 7.34. The van der Waals surface area contributed by atoms with E-state index in [1.165, 1.54) is 5.56 Å². The maximum Gasteiger partial charge on any atom is 0.123 e. The van der Waals surface area contributed by atoms with Crippen molar-refractivity contribution in [1.29, 1.82) is 0 Å². The smallest absolute Gasteiger partial charge is 0.123 e. The summed E-state index contributed by atoms with van der Waals surface area (Å²) in [6.45, 7) is 3.20. The topological polar surface area (TPSA) is 78.8 Å². The highest BCUT2D eigenvalue weighted by Crippen LogP contribution is 2.32. The van der Waals surface area contributed by atoms with Crippen molar-refractivity contribution in [1.82, 2.24) is 25.1 Å². The maximum absolute atomic E-state index is 11.4. The van der Waals surface area contributed by atoms with E-state index in [1.807, 2.05) is 48.0 Å². The zero-order chi connectivity index (χ0) is 18.7. The van der Waals surface area contributed by atoms with Crippen molar-refractivity contribution in [2.75, 3.05) is 6.54 Å². The Kier molecular flexibility index (Phi) is 4.75. The Morgan fingerprint density at radius 3 is 2.63 bits per heavy atom. The minimum absolute atomic E-state index is 0.474. The first-order chi connectivity index (χ1) is 13.2. The third-order valence-electron chi connectivity index (χ3n) is 5.06. The van der Waals surface area contributed by atoms with Gasteiger partial charge in [0, 0.05) is 41.4 Å². The van der Waals surface area contributed by atoms with Crippen LogP contribution >= 0.6 is 0 Å². The van der Waals surface area contributed by atoms with E-state index in [0.29, 0.717) is 13.0 Å². The summed E-state index contributed by atoms with van der Waals surface area (Å²) >= 11 is 0. The van der Waals surface area contributed by atoms with Crippen LogP contribution in [0.2, 0.25) is 0 Å². The van der Waals surface area contributed by atoms with Gasteiger partial charge in [-0.2, -0.15) is 0 Å². The van der Waals surface area contributed by atoms with Crippen molar-refractivity contribution in [3.05, 3.63) is 78.5 Å². The highest BCUT2D eigenvalue weighted by atomic mass is 16.3. The van der Waals surface area contributed by atoms with Crippen LogP contribution in [0.25, 0.3) is 16.6 Å². The van der Waals surface area contributed by atoms with Crippen molar-refractivity contribution in [3.8, 4) is 5.69 Å². The summed E-state index contributed by atoms with van der Waals surface area (Å²) in [7, 11) is 0. The van der Waals surface area contributed by atoms with Crippen molar-refractivity contribution in [3.63, 3.8) is 0 Å². The molecule has 6 nitrogen and oxygen atoms in total. The number of aliphatic hydroxyl groups is 1. The second-order valence-corrected chi connectivity index (χ2v) is 6.78. The minimum atomic E-state index is -0.959. The monoisotopic (exact) mass is 361 g/mol. The molecule has 27 heavy (non-hydrogen) atoms. The number of rotatable bonds is 7. The van der Waals surface area contributed by atoms with Gasteiger partial charge in [0.25, 0.3) is 0 Å². The summed E-state index contributed by atoms with van der Waals surface area (Å²) in [6.07, 6.45) is 5.86. The highest BCUT2D eigenvalue weighted by molar-refractivity contribution is 5.86. The van der Waals surface area contributed by atoms with E-state index in [-0.39, 0.29) is 0 Å². The van der Waals surface area contributed by atoms with Crippen LogP contribution in [0.3, 0.4) is 0 Å². The summed E-state index contributed by atoms with van der Waals surface area (Å²) in [5.41, 5.74) is 3.10. The van der Waals surface area contributed by atoms with Crippen LogP contribution in [-0.4, -0.2) is 31.4 Å². The average Bonchev–Trinajstić information content (AvgIpc) is 3.38. The maximum atomic E-state index is 11.4. The van der Waals surface area contributed by atoms with Crippen LogP contribution in [0.1, 0.15) is 24.5 Å². The zero-order valence-electron chi connectivity index (χ0n) is 15.3. The number of nitrogens with one attached hydrogen (secondary N) is 2. The Bertz CT molecular complexity index is 1010. The van der Waals surface area contributed by atoms with E-state index in [0.717, 1.165) is 28.7 Å². The number of aromatic amines is 1. The van der Waals surface area contributed by atoms with E-state index >= 15 is 0 Å². The number of aromatic nitrogens is 4. The Morgan fingerprint density at radius 1 is 1.11 bits per heavy atom. The quantitative estimate of drug-likeness (QED) is 0.472. The van der Waals surface area contributed by atoms with Gasteiger partial charge in [-0.3, -0.25) is 4.57 Å². The lowest BCUT2D eigenvalue weighted by molar-refractivity contribution is 0.0338. The molecule has 1 atom stereocenters. The number of benzene rings is 2. The molecule has 0 radical (unpaired) electrons. The number of H-pyrrole nitrogens is 1. The van der Waals surface area contributed by atoms with Crippen molar-refractivity contribution < 1.29 is 5.11 Å². The fourth-order valence-electron chi connectivity index (χ4n) is 3.41. The molecule has 0 fully saturated rings. The molecule has 0 aliphatic heterocycles. The van der Waals surface area contributed by atoms with Crippen molar-refractivity contribution in [2.45, 2.75) is 25.5 Å². The molecule has 1 unspecified atom stereocenters. The molecule has 0 aliphatic carbocycles. The van der Waals surface area contributed by atoms with E-state index < -0.39 is 5.60 Å². The molecule has 4 rings (SSSR count). The molecular weight excluding hydrogens is 338 g/mol. The number of hydrogen-bond acceptors (Lipinski definition) is 4. The second-order valence-electron chi connectivity index (χ2n) is 6.78. The first-order valence-electron chi connectivity index (χ1n) is 9.13. The van der Waals surface area contributed by atoms with Crippen LogP contribution < -0.4 is 5.32 Å². The molecule has 0 bridgehead atoms. The van der Waals surface area contributed by atoms with Gasteiger partial charge in [0.05, 0.1) is 0 Å². The van der Waals surface area contributed by atoms with Crippen LogP contribution in [-0.2, 0) is 12.1 Å². The summed E-state index contributed by atoms with van der Waals surface area (Å²) in [6, 6.07) is 16.3. The van der Waals surface area contributed by atoms with Crippen LogP contribution in [0, 0.1) is 0 Å². The molecule has 4 aromatic rings. The normalized spacial score (nSPS) is 13.7. The molecule has 138 valence electrons. The van der Waals surface area contributed by atoms with Gasteiger partial charge in [-0.05, 0) is 30.2 Å². The summed E-state index contributed by atoms with van der Waals surface area (Å²) in [4.78, 5) is 3.28. The van der Waals surface area contributed by atoms with Gasteiger partial charge in [-0.25, -0.2) is 0 Å². The lowest BCUT2D eigenvalue weighted by Crippen LogP contribution is -2.37. The standard InChI is InChI=1S/C21H23N5O/c1-2-21(27,13-22-11-16-6-4-3-5-7-16)19-12-23-20-9-8-17(10-18(19)20)26-14-24-25-15-26/h3-10,12,14-15,22-23,27H,2,11,13H2,1H3. The number of nitrogens with zero attached hydrogens (tertiary/aromatic N) is 3. The van der Waals surface area contributed by atoms with Crippen LogP contribution in [0.15, 0.2) is 67.4 Å². The molecule has 2 aromatic heterocycles. The summed E-state index contributed by atoms with van der Waals surface area (Å²) in [5.74, 6) is 0. The lowest BCUT2D eigenvalue weighted by Gasteiger charge is -2.27. The van der Waals surface area contributed by atoms with Crippen molar-refractivity contribution in [2.24, 2.45) is 0 Å². The van der Waals surface area contributed by atoms with Gasteiger partial charge < -0.3 is 15.4 Å². The van der Waals surface area contributed by atoms with Gasteiger partial charge in [-0.1, -0.05) is 37.3 Å². The number of fused-ring (bicyclic) bond motifs is 1.